The number of aromatic hydroxyl groups is 1. The molecule has 26 heavy (non-hydrogen) atoms. The molecule has 0 saturated heterocycles. The predicted molar refractivity (Wildman–Crippen MR) is 104 cm³/mol. The number of para-hydroxylation sites is 1. The summed E-state index contributed by atoms with van der Waals surface area (Å²) in [6.07, 6.45) is 2.68. The Morgan fingerprint density at radius 2 is 2.00 bits per heavy atom. The number of halogens is 1. The van der Waals surface area contributed by atoms with Crippen LogP contribution in [0.4, 0.5) is 10.1 Å². The van der Waals surface area contributed by atoms with Gasteiger partial charge in [-0.1, -0.05) is 36.8 Å². The number of pyridine rings is 1. The lowest BCUT2D eigenvalue weighted by Gasteiger charge is -2.10. The quantitative estimate of drug-likeness (QED) is 0.547. The van der Waals surface area contributed by atoms with Gasteiger partial charge in [0.2, 0.25) is 5.88 Å². The van der Waals surface area contributed by atoms with Gasteiger partial charge in [0.25, 0.3) is 0 Å². The summed E-state index contributed by atoms with van der Waals surface area (Å²) in [7, 11) is 0. The lowest BCUT2D eigenvalue weighted by molar-refractivity contribution is 0.421. The number of fused-ring (bicyclic) bond motifs is 2. The zero-order valence-electron chi connectivity index (χ0n) is 14.8. The zero-order chi connectivity index (χ0) is 18.4. The van der Waals surface area contributed by atoms with E-state index in [1.165, 1.54) is 6.07 Å². The first-order valence-corrected chi connectivity index (χ1v) is 8.67. The fraction of sp³-hybridized carbons (Fsp3) is 0.190. The molecule has 0 atom stereocenters. The van der Waals surface area contributed by atoms with Crippen LogP contribution in [-0.2, 0) is 6.54 Å². The summed E-state index contributed by atoms with van der Waals surface area (Å²) in [5, 5.41) is 11.8. The van der Waals surface area contributed by atoms with Crippen LogP contribution in [0.2, 0.25) is 0 Å². The first kappa shape index (κ1) is 16.4. The van der Waals surface area contributed by atoms with Gasteiger partial charge in [0, 0.05) is 29.3 Å². The first-order valence-electron chi connectivity index (χ1n) is 8.67. The van der Waals surface area contributed by atoms with Crippen molar-refractivity contribution >= 4 is 27.5 Å². The lowest BCUT2D eigenvalue weighted by atomic mass is 9.98. The number of nitrogens with zero attached hydrogens (tertiary/aromatic N) is 2. The van der Waals surface area contributed by atoms with Crippen molar-refractivity contribution in [1.29, 1.82) is 0 Å². The molecule has 132 valence electrons. The maximum Gasteiger partial charge on any atom is 0.202 e. The van der Waals surface area contributed by atoms with Crippen LogP contribution < -0.4 is 5.73 Å². The van der Waals surface area contributed by atoms with E-state index in [9.17, 15) is 9.50 Å². The van der Waals surface area contributed by atoms with E-state index in [-0.39, 0.29) is 11.7 Å². The standard InChI is InChI=1S/C21H20FN3O/c1-3-9-25-11-17-18(21(25)26)19(23)14-6-4-5-13(20(14)24-17)15-10-12(2)7-8-16(15)22/h4-8,10-11,26H,3,9,23H2,1-2H3. The third-order valence-electron chi connectivity index (χ3n) is 4.73. The van der Waals surface area contributed by atoms with Gasteiger partial charge >= 0.3 is 0 Å². The highest BCUT2D eigenvalue weighted by Crippen LogP contribution is 2.39. The molecule has 0 amide bonds. The van der Waals surface area contributed by atoms with Crippen LogP contribution in [0.5, 0.6) is 5.88 Å². The maximum atomic E-state index is 14.5. The molecule has 2 aromatic heterocycles. The third kappa shape index (κ3) is 2.39. The topological polar surface area (TPSA) is 64.1 Å². The van der Waals surface area contributed by atoms with Gasteiger partial charge in [0.1, 0.15) is 5.82 Å². The molecule has 0 bridgehead atoms. The van der Waals surface area contributed by atoms with Gasteiger partial charge in [-0.2, -0.15) is 0 Å². The highest BCUT2D eigenvalue weighted by Gasteiger charge is 2.18. The molecule has 0 spiro atoms. The van der Waals surface area contributed by atoms with E-state index in [0.717, 1.165) is 12.0 Å². The average Bonchev–Trinajstić information content (AvgIpc) is 2.93. The lowest BCUT2D eigenvalue weighted by Crippen LogP contribution is -1.94. The molecule has 0 aliphatic rings. The Balaban J connectivity index is 2.08. The van der Waals surface area contributed by atoms with Crippen molar-refractivity contribution in [2.75, 3.05) is 5.73 Å². The van der Waals surface area contributed by atoms with Crippen LogP contribution in [-0.4, -0.2) is 14.7 Å². The molecule has 2 aromatic carbocycles. The minimum Gasteiger partial charge on any atom is -0.494 e. The molecule has 3 N–H and O–H groups in total. The normalized spacial score (nSPS) is 11.5. The molecule has 0 fully saturated rings. The Morgan fingerprint density at radius 3 is 2.77 bits per heavy atom. The van der Waals surface area contributed by atoms with E-state index in [1.807, 2.05) is 38.1 Å². The minimum absolute atomic E-state index is 0.126. The molecule has 5 heteroatoms. The van der Waals surface area contributed by atoms with Crippen LogP contribution in [0.3, 0.4) is 0 Å². The third-order valence-corrected chi connectivity index (χ3v) is 4.73. The summed E-state index contributed by atoms with van der Waals surface area (Å²) in [5.41, 5.74) is 10.3. The van der Waals surface area contributed by atoms with Crippen LogP contribution >= 0.6 is 0 Å². The summed E-state index contributed by atoms with van der Waals surface area (Å²) in [6, 6.07) is 10.6. The van der Waals surface area contributed by atoms with E-state index < -0.39 is 0 Å². The molecule has 4 aromatic rings. The van der Waals surface area contributed by atoms with Crippen LogP contribution in [0, 0.1) is 12.7 Å². The van der Waals surface area contributed by atoms with E-state index in [4.69, 9.17) is 10.7 Å². The Labute approximate surface area is 150 Å². The number of benzene rings is 2. The number of aromatic nitrogens is 2. The Bertz CT molecular complexity index is 1150. The van der Waals surface area contributed by atoms with Gasteiger partial charge in [-0.15, -0.1) is 0 Å². The van der Waals surface area contributed by atoms with Crippen molar-refractivity contribution in [2.45, 2.75) is 26.8 Å². The summed E-state index contributed by atoms with van der Waals surface area (Å²) in [6.45, 7) is 4.64. The zero-order valence-corrected chi connectivity index (χ0v) is 14.8. The Morgan fingerprint density at radius 1 is 1.19 bits per heavy atom. The second kappa shape index (κ2) is 6.02. The Kier molecular flexibility index (Phi) is 3.80. The van der Waals surface area contributed by atoms with Crippen molar-refractivity contribution in [1.82, 2.24) is 9.55 Å². The van der Waals surface area contributed by atoms with Crippen molar-refractivity contribution in [3.8, 4) is 17.0 Å². The van der Waals surface area contributed by atoms with Gasteiger partial charge in [-0.3, -0.25) is 0 Å². The fourth-order valence-corrected chi connectivity index (χ4v) is 3.49. The van der Waals surface area contributed by atoms with Crippen LogP contribution in [0.15, 0.2) is 42.6 Å². The summed E-state index contributed by atoms with van der Waals surface area (Å²) < 4.78 is 16.2. The van der Waals surface area contributed by atoms with Crippen LogP contribution in [0.1, 0.15) is 18.9 Å². The molecular formula is C21H20FN3O. The smallest absolute Gasteiger partial charge is 0.202 e. The number of hydrogen-bond acceptors (Lipinski definition) is 3. The molecule has 2 heterocycles. The van der Waals surface area contributed by atoms with Crippen LogP contribution in [0.25, 0.3) is 32.9 Å². The molecule has 0 aliphatic carbocycles. The Hall–Kier alpha value is -3.08. The SMILES string of the molecule is CCCn1cc2nc3c(-c4cc(C)ccc4F)cccc3c(N)c2c1O. The number of nitrogen functional groups attached to an aromatic ring is 1. The summed E-state index contributed by atoms with van der Waals surface area (Å²) in [4.78, 5) is 4.72. The monoisotopic (exact) mass is 349 g/mol. The van der Waals surface area contributed by atoms with Gasteiger partial charge in [0.15, 0.2) is 0 Å². The second-order valence-electron chi connectivity index (χ2n) is 6.62. The maximum absolute atomic E-state index is 14.5. The van der Waals surface area contributed by atoms with Crippen molar-refractivity contribution < 1.29 is 9.50 Å². The largest absolute Gasteiger partial charge is 0.494 e. The molecule has 4 rings (SSSR count). The van der Waals surface area contributed by atoms with Gasteiger partial charge in [-0.25, -0.2) is 9.37 Å². The molecule has 0 saturated carbocycles. The predicted octanol–water partition coefficient (Wildman–Crippen LogP) is 5.00. The minimum atomic E-state index is -0.296. The second-order valence-corrected chi connectivity index (χ2v) is 6.62. The van der Waals surface area contributed by atoms with E-state index in [2.05, 4.69) is 0 Å². The summed E-state index contributed by atoms with van der Waals surface area (Å²) in [5.74, 6) is -0.171. The molecular weight excluding hydrogens is 329 g/mol. The highest BCUT2D eigenvalue weighted by molar-refractivity contribution is 6.12. The molecule has 0 unspecified atom stereocenters. The van der Waals surface area contributed by atoms with Crippen molar-refractivity contribution in [2.24, 2.45) is 0 Å². The number of hydrogen-bond donors (Lipinski definition) is 2. The van der Waals surface area contributed by atoms with E-state index >= 15 is 0 Å². The number of anilines is 1. The van der Waals surface area contributed by atoms with Gasteiger partial charge < -0.3 is 15.4 Å². The molecule has 0 aliphatic heterocycles. The highest BCUT2D eigenvalue weighted by atomic mass is 19.1. The van der Waals surface area contributed by atoms with Crippen molar-refractivity contribution in [3.63, 3.8) is 0 Å². The molecule has 0 radical (unpaired) electrons. The number of nitrogens with two attached hydrogens (primary N) is 1. The first-order chi connectivity index (χ1) is 12.5. The average molecular weight is 349 g/mol. The fourth-order valence-electron chi connectivity index (χ4n) is 3.49. The molecule has 4 nitrogen and oxygen atoms in total. The van der Waals surface area contributed by atoms with Gasteiger partial charge in [-0.05, 0) is 25.5 Å². The number of aryl methyl sites for hydroxylation is 2. The van der Waals surface area contributed by atoms with E-state index in [0.29, 0.717) is 45.2 Å². The van der Waals surface area contributed by atoms with E-state index in [1.54, 1.807) is 16.8 Å². The van der Waals surface area contributed by atoms with Gasteiger partial charge in [0.05, 0.1) is 22.1 Å². The summed E-state index contributed by atoms with van der Waals surface area (Å²) >= 11 is 0. The number of rotatable bonds is 3. The van der Waals surface area contributed by atoms with Crippen molar-refractivity contribution in [3.05, 3.63) is 54.0 Å².